The highest BCUT2D eigenvalue weighted by atomic mass is 16.5. The van der Waals surface area contributed by atoms with Crippen molar-refractivity contribution in [3.8, 4) is 28.3 Å². The molecule has 1 atom stereocenters. The Bertz CT molecular complexity index is 1120. The molecule has 0 spiro atoms. The Morgan fingerprint density at radius 2 is 1.15 bits per heavy atom. The van der Waals surface area contributed by atoms with E-state index in [4.69, 9.17) is 4.74 Å². The van der Waals surface area contributed by atoms with E-state index in [9.17, 15) is 0 Å². The molecule has 3 aromatic rings. The first-order valence-electron chi connectivity index (χ1n) is 17.0. The molecule has 4 rings (SSSR count). The molecule has 0 aliphatic carbocycles. The van der Waals surface area contributed by atoms with Crippen molar-refractivity contribution in [2.24, 2.45) is 0 Å². The average Bonchev–Trinajstić information content (AvgIpc) is 3.42. The number of nitrogens with zero attached hydrogens (tertiary/aromatic N) is 2. The highest BCUT2D eigenvalue weighted by molar-refractivity contribution is 5.69. The van der Waals surface area contributed by atoms with Gasteiger partial charge in [0, 0.05) is 24.4 Å². The summed E-state index contributed by atoms with van der Waals surface area (Å²) < 4.78 is 6.26. The molecule has 0 bridgehead atoms. The summed E-state index contributed by atoms with van der Waals surface area (Å²) in [5, 5.41) is 0. The Labute approximate surface area is 250 Å². The van der Waals surface area contributed by atoms with Crippen LogP contribution in [0, 0.1) is 0 Å². The maximum Gasteiger partial charge on any atom is 0.159 e. The van der Waals surface area contributed by atoms with Crippen LogP contribution in [-0.4, -0.2) is 16.1 Å². The molecule has 3 nitrogen and oxygen atoms in total. The zero-order chi connectivity index (χ0) is 28.5. The zero-order valence-electron chi connectivity index (χ0n) is 26.0. The lowest BCUT2D eigenvalue weighted by Gasteiger charge is -2.10. The molecular weight excluding hydrogens is 500 g/mol. The van der Waals surface area contributed by atoms with Crippen LogP contribution in [0.15, 0.2) is 54.9 Å². The summed E-state index contributed by atoms with van der Waals surface area (Å²) in [4.78, 5) is 9.38. The summed E-state index contributed by atoms with van der Waals surface area (Å²) in [5.41, 5.74) is 6.16. The van der Waals surface area contributed by atoms with Gasteiger partial charge in [0.15, 0.2) is 5.82 Å². The van der Waals surface area contributed by atoms with Gasteiger partial charge in [-0.25, -0.2) is 9.97 Å². The molecule has 2 heterocycles. The van der Waals surface area contributed by atoms with Gasteiger partial charge in [0.2, 0.25) is 0 Å². The van der Waals surface area contributed by atoms with E-state index in [1.807, 2.05) is 12.4 Å². The van der Waals surface area contributed by atoms with Crippen molar-refractivity contribution in [1.29, 1.82) is 0 Å². The number of aromatic nitrogens is 2. The molecule has 41 heavy (non-hydrogen) atoms. The van der Waals surface area contributed by atoms with Crippen LogP contribution in [0.25, 0.3) is 22.5 Å². The van der Waals surface area contributed by atoms with E-state index in [-0.39, 0.29) is 0 Å². The highest BCUT2D eigenvalue weighted by Gasteiger charge is 2.22. The molecule has 0 fully saturated rings. The normalized spacial score (nSPS) is 14.2. The number of hydrogen-bond donors (Lipinski definition) is 0. The molecule has 1 unspecified atom stereocenters. The third-order valence-electron chi connectivity index (χ3n) is 8.68. The van der Waals surface area contributed by atoms with Gasteiger partial charge in [0.05, 0.1) is 0 Å². The smallest absolute Gasteiger partial charge is 0.159 e. The third kappa shape index (κ3) is 10.6. The third-order valence-corrected chi connectivity index (χ3v) is 8.68. The van der Waals surface area contributed by atoms with Gasteiger partial charge in [-0.15, -0.1) is 0 Å². The van der Waals surface area contributed by atoms with Gasteiger partial charge in [-0.05, 0) is 60.1 Å². The van der Waals surface area contributed by atoms with Gasteiger partial charge >= 0.3 is 0 Å². The first-order chi connectivity index (χ1) is 20.3. The fourth-order valence-electron chi connectivity index (χ4n) is 6.07. The highest BCUT2D eigenvalue weighted by Crippen LogP contribution is 2.35. The second-order valence-corrected chi connectivity index (χ2v) is 12.2. The lowest BCUT2D eigenvalue weighted by Crippen LogP contribution is -2.12. The molecular formula is C38H54N2O. The van der Waals surface area contributed by atoms with Gasteiger partial charge in [0.25, 0.3) is 0 Å². The SMILES string of the molecule is CCCCCCCCCCCCc1cnc(-c2ccc(-c3ccc4c(c3)CC(CCCCCCCC)O4)cc2)nc1. The van der Waals surface area contributed by atoms with E-state index in [2.05, 4.69) is 66.3 Å². The maximum atomic E-state index is 6.26. The van der Waals surface area contributed by atoms with Crippen LogP contribution >= 0.6 is 0 Å². The van der Waals surface area contributed by atoms with E-state index in [0.717, 1.165) is 30.0 Å². The van der Waals surface area contributed by atoms with E-state index in [1.54, 1.807) is 0 Å². The van der Waals surface area contributed by atoms with Crippen molar-refractivity contribution in [2.75, 3.05) is 0 Å². The molecule has 0 saturated heterocycles. The average molecular weight is 555 g/mol. The number of ether oxygens (including phenoxy) is 1. The predicted octanol–water partition coefficient (Wildman–Crippen LogP) is 11.3. The van der Waals surface area contributed by atoms with Crippen LogP contribution in [0.2, 0.25) is 0 Å². The van der Waals surface area contributed by atoms with E-state index in [0.29, 0.717) is 6.10 Å². The zero-order valence-corrected chi connectivity index (χ0v) is 26.0. The van der Waals surface area contributed by atoms with Gasteiger partial charge in [0.1, 0.15) is 11.9 Å². The fraction of sp³-hybridized carbons (Fsp3) is 0.579. The molecule has 222 valence electrons. The molecule has 0 amide bonds. The second kappa shape index (κ2) is 18.0. The molecule has 0 saturated carbocycles. The summed E-state index contributed by atoms with van der Waals surface area (Å²) >= 11 is 0. The predicted molar refractivity (Wildman–Crippen MR) is 175 cm³/mol. The summed E-state index contributed by atoms with van der Waals surface area (Å²) in [7, 11) is 0. The van der Waals surface area contributed by atoms with Crippen molar-refractivity contribution < 1.29 is 4.74 Å². The molecule has 1 aliphatic heterocycles. The fourth-order valence-corrected chi connectivity index (χ4v) is 6.07. The molecule has 3 heteroatoms. The second-order valence-electron chi connectivity index (χ2n) is 12.2. The molecule has 0 N–H and O–H groups in total. The van der Waals surface area contributed by atoms with Crippen LogP contribution < -0.4 is 4.74 Å². The van der Waals surface area contributed by atoms with E-state index in [1.165, 1.54) is 131 Å². The van der Waals surface area contributed by atoms with Crippen molar-refractivity contribution in [2.45, 2.75) is 142 Å². The largest absolute Gasteiger partial charge is 0.490 e. The Morgan fingerprint density at radius 1 is 0.610 bits per heavy atom. The molecule has 2 aromatic carbocycles. The standard InChI is InChI=1S/C38H54N2O/c1-3-5-7-9-11-12-13-14-15-17-19-31-29-39-38(40-30-31)33-23-21-32(22-24-33)34-25-26-37-35(27-34)28-36(41-37)20-18-16-10-8-6-4-2/h21-27,29-30,36H,3-20,28H2,1-2H3. The van der Waals surface area contributed by atoms with E-state index < -0.39 is 0 Å². The van der Waals surface area contributed by atoms with Crippen LogP contribution in [0.3, 0.4) is 0 Å². The first kappa shape index (κ1) is 31.3. The Balaban J connectivity index is 1.18. The van der Waals surface area contributed by atoms with Crippen LogP contribution in [0.5, 0.6) is 5.75 Å². The Kier molecular flexibility index (Phi) is 13.7. The van der Waals surface area contributed by atoms with Crippen LogP contribution in [0.4, 0.5) is 0 Å². The lowest BCUT2D eigenvalue weighted by atomic mass is 9.98. The number of rotatable bonds is 20. The molecule has 1 aromatic heterocycles. The maximum absolute atomic E-state index is 6.26. The number of unbranched alkanes of at least 4 members (excludes halogenated alkanes) is 14. The van der Waals surface area contributed by atoms with Crippen molar-refractivity contribution >= 4 is 0 Å². The van der Waals surface area contributed by atoms with Crippen molar-refractivity contribution in [1.82, 2.24) is 9.97 Å². The van der Waals surface area contributed by atoms with Gasteiger partial charge in [-0.1, -0.05) is 134 Å². The monoisotopic (exact) mass is 554 g/mol. The first-order valence-corrected chi connectivity index (χ1v) is 17.0. The van der Waals surface area contributed by atoms with E-state index >= 15 is 0 Å². The summed E-state index contributed by atoms with van der Waals surface area (Å²) in [6.45, 7) is 4.56. The molecule has 0 radical (unpaired) electrons. The quantitative estimate of drug-likeness (QED) is 0.130. The number of fused-ring (bicyclic) bond motifs is 1. The van der Waals surface area contributed by atoms with Crippen molar-refractivity contribution in [3.63, 3.8) is 0 Å². The Hall–Kier alpha value is -2.68. The summed E-state index contributed by atoms with van der Waals surface area (Å²) in [5.74, 6) is 1.89. The van der Waals surface area contributed by atoms with Crippen molar-refractivity contribution in [3.05, 3.63) is 66.0 Å². The minimum atomic E-state index is 0.346. The molecule has 1 aliphatic rings. The summed E-state index contributed by atoms with van der Waals surface area (Å²) in [6.07, 6.45) is 29.4. The van der Waals surface area contributed by atoms with Gasteiger partial charge < -0.3 is 4.74 Å². The summed E-state index contributed by atoms with van der Waals surface area (Å²) in [6, 6.07) is 15.4. The van der Waals surface area contributed by atoms with Gasteiger partial charge in [-0.3, -0.25) is 0 Å². The number of aryl methyl sites for hydroxylation is 1. The number of benzene rings is 2. The van der Waals surface area contributed by atoms with Crippen LogP contribution in [-0.2, 0) is 12.8 Å². The minimum Gasteiger partial charge on any atom is -0.490 e. The number of hydrogen-bond acceptors (Lipinski definition) is 3. The topological polar surface area (TPSA) is 35.0 Å². The van der Waals surface area contributed by atoms with Crippen LogP contribution in [0.1, 0.15) is 134 Å². The van der Waals surface area contributed by atoms with Gasteiger partial charge in [-0.2, -0.15) is 0 Å². The lowest BCUT2D eigenvalue weighted by molar-refractivity contribution is 0.216. The Morgan fingerprint density at radius 3 is 1.78 bits per heavy atom. The minimum absolute atomic E-state index is 0.346.